The number of hydrogen-bond acceptors (Lipinski definition) is 5. The van der Waals surface area contributed by atoms with Crippen molar-refractivity contribution in [1.82, 2.24) is 9.88 Å². The summed E-state index contributed by atoms with van der Waals surface area (Å²) in [5, 5.41) is 8.71. The van der Waals surface area contributed by atoms with E-state index in [1.807, 2.05) is 42.5 Å². The second kappa shape index (κ2) is 8.25. The number of thioether (sulfide) groups is 1. The van der Waals surface area contributed by atoms with Gasteiger partial charge in [-0.3, -0.25) is 19.5 Å². The van der Waals surface area contributed by atoms with Crippen LogP contribution in [-0.4, -0.2) is 37.7 Å². The molecule has 1 N–H and O–H groups in total. The van der Waals surface area contributed by atoms with E-state index in [1.54, 1.807) is 12.4 Å². The SMILES string of the molecule is O=C(O)CCCN1C(=O)/C(=C/c2ccc(-c3cccnc3)cc2)SC1=S. The number of rotatable bonds is 6. The first-order chi connectivity index (χ1) is 12.5. The molecule has 1 saturated heterocycles. The van der Waals surface area contributed by atoms with Gasteiger partial charge in [-0.25, -0.2) is 0 Å². The standard InChI is InChI=1S/C19H16N2O3S2/c22-17(23)4-2-10-21-18(24)16(26-19(21)25)11-13-5-7-14(8-6-13)15-3-1-9-20-12-15/h1,3,5-9,11-12H,2,4,10H2,(H,22,23)/b16-11-. The first-order valence-electron chi connectivity index (χ1n) is 8.02. The zero-order valence-corrected chi connectivity index (χ0v) is 15.4. The molecule has 1 aromatic carbocycles. The number of carbonyl (C=O) groups is 2. The second-order valence-electron chi connectivity index (χ2n) is 5.69. The Kier molecular flexibility index (Phi) is 5.80. The summed E-state index contributed by atoms with van der Waals surface area (Å²) in [6.07, 6.45) is 5.75. The Hall–Kier alpha value is -2.51. The van der Waals surface area contributed by atoms with Crippen molar-refractivity contribution in [2.45, 2.75) is 12.8 Å². The van der Waals surface area contributed by atoms with Gasteiger partial charge in [0, 0.05) is 25.4 Å². The van der Waals surface area contributed by atoms with Crippen molar-refractivity contribution in [3.05, 3.63) is 59.3 Å². The molecule has 0 radical (unpaired) electrons. The van der Waals surface area contributed by atoms with Gasteiger partial charge in [0.15, 0.2) is 0 Å². The van der Waals surface area contributed by atoms with Gasteiger partial charge in [-0.2, -0.15) is 0 Å². The summed E-state index contributed by atoms with van der Waals surface area (Å²) in [7, 11) is 0. The topological polar surface area (TPSA) is 70.5 Å². The van der Waals surface area contributed by atoms with Crippen LogP contribution < -0.4 is 0 Å². The van der Waals surface area contributed by atoms with Gasteiger partial charge in [0.2, 0.25) is 0 Å². The molecular formula is C19H16N2O3S2. The van der Waals surface area contributed by atoms with Crippen LogP contribution in [0.15, 0.2) is 53.7 Å². The lowest BCUT2D eigenvalue weighted by atomic mass is 10.1. The predicted molar refractivity (Wildman–Crippen MR) is 106 cm³/mol. The predicted octanol–water partition coefficient (Wildman–Crippen LogP) is 3.81. The van der Waals surface area contributed by atoms with Crippen molar-refractivity contribution < 1.29 is 14.7 Å². The van der Waals surface area contributed by atoms with Crippen molar-refractivity contribution in [1.29, 1.82) is 0 Å². The van der Waals surface area contributed by atoms with Crippen molar-refractivity contribution in [3.63, 3.8) is 0 Å². The van der Waals surface area contributed by atoms with Gasteiger partial charge in [0.25, 0.3) is 5.91 Å². The zero-order valence-electron chi connectivity index (χ0n) is 13.8. The van der Waals surface area contributed by atoms with Crippen LogP contribution in [-0.2, 0) is 9.59 Å². The molecule has 0 unspecified atom stereocenters. The lowest BCUT2D eigenvalue weighted by molar-refractivity contribution is -0.137. The Morgan fingerprint density at radius 2 is 2.00 bits per heavy atom. The molecule has 1 aromatic heterocycles. The van der Waals surface area contributed by atoms with E-state index in [9.17, 15) is 9.59 Å². The van der Waals surface area contributed by atoms with Crippen molar-refractivity contribution in [2.75, 3.05) is 6.54 Å². The minimum absolute atomic E-state index is 0.0198. The molecule has 1 amide bonds. The molecule has 0 aliphatic carbocycles. The van der Waals surface area contributed by atoms with Crippen LogP contribution in [0, 0.1) is 0 Å². The van der Waals surface area contributed by atoms with E-state index < -0.39 is 5.97 Å². The molecule has 1 aliphatic heterocycles. The Labute approximate surface area is 160 Å². The number of aromatic nitrogens is 1. The molecule has 5 nitrogen and oxygen atoms in total. The van der Waals surface area contributed by atoms with Crippen molar-refractivity contribution >= 4 is 46.3 Å². The number of aliphatic carboxylic acids is 1. The quantitative estimate of drug-likeness (QED) is 0.603. The number of carboxylic acids is 1. The van der Waals surface area contributed by atoms with Crippen LogP contribution in [0.5, 0.6) is 0 Å². The Balaban J connectivity index is 1.71. The molecular weight excluding hydrogens is 368 g/mol. The molecule has 0 atom stereocenters. The maximum Gasteiger partial charge on any atom is 0.303 e. The molecule has 132 valence electrons. The van der Waals surface area contributed by atoms with E-state index in [-0.39, 0.29) is 12.3 Å². The number of carboxylic acid groups (broad SMARTS) is 1. The third-order valence-electron chi connectivity index (χ3n) is 3.85. The zero-order chi connectivity index (χ0) is 18.5. The minimum Gasteiger partial charge on any atom is -0.481 e. The molecule has 3 rings (SSSR count). The largest absolute Gasteiger partial charge is 0.481 e. The number of carbonyl (C=O) groups excluding carboxylic acids is 1. The summed E-state index contributed by atoms with van der Waals surface area (Å²) in [5.74, 6) is -1.04. The van der Waals surface area contributed by atoms with E-state index in [4.69, 9.17) is 17.3 Å². The number of amides is 1. The summed E-state index contributed by atoms with van der Waals surface area (Å²) >= 11 is 6.49. The van der Waals surface area contributed by atoms with Gasteiger partial charge < -0.3 is 5.11 Å². The summed E-state index contributed by atoms with van der Waals surface area (Å²) in [4.78, 5) is 29.2. The van der Waals surface area contributed by atoms with Crippen LogP contribution in [0.1, 0.15) is 18.4 Å². The van der Waals surface area contributed by atoms with Crippen LogP contribution in [0.3, 0.4) is 0 Å². The molecule has 7 heteroatoms. The minimum atomic E-state index is -0.875. The Morgan fingerprint density at radius 1 is 1.23 bits per heavy atom. The van der Waals surface area contributed by atoms with E-state index in [0.29, 0.717) is 22.2 Å². The average molecular weight is 384 g/mol. The van der Waals surface area contributed by atoms with E-state index >= 15 is 0 Å². The number of pyridine rings is 1. The van der Waals surface area contributed by atoms with E-state index in [0.717, 1.165) is 16.7 Å². The first kappa shape index (κ1) is 18.3. The molecule has 26 heavy (non-hydrogen) atoms. The third kappa shape index (κ3) is 4.36. The second-order valence-corrected chi connectivity index (χ2v) is 7.37. The van der Waals surface area contributed by atoms with Crippen molar-refractivity contribution in [2.24, 2.45) is 0 Å². The lowest BCUT2D eigenvalue weighted by Gasteiger charge is -2.13. The van der Waals surface area contributed by atoms with E-state index in [2.05, 4.69) is 4.98 Å². The van der Waals surface area contributed by atoms with Crippen molar-refractivity contribution in [3.8, 4) is 11.1 Å². The van der Waals surface area contributed by atoms with Gasteiger partial charge in [-0.15, -0.1) is 0 Å². The summed E-state index contributed by atoms with van der Waals surface area (Å²) < 4.78 is 0.471. The smallest absolute Gasteiger partial charge is 0.303 e. The fourth-order valence-corrected chi connectivity index (χ4v) is 3.85. The molecule has 2 aromatic rings. The normalized spacial score (nSPS) is 15.7. The van der Waals surface area contributed by atoms with E-state index in [1.165, 1.54) is 16.7 Å². The van der Waals surface area contributed by atoms with Crippen LogP contribution in [0.4, 0.5) is 0 Å². The van der Waals surface area contributed by atoms with Gasteiger partial charge in [0.1, 0.15) is 4.32 Å². The number of hydrogen-bond donors (Lipinski definition) is 1. The number of thiocarbonyl (C=S) groups is 1. The maximum atomic E-state index is 12.5. The van der Waals surface area contributed by atoms with Gasteiger partial charge in [0.05, 0.1) is 4.91 Å². The third-order valence-corrected chi connectivity index (χ3v) is 5.23. The number of nitrogens with zero attached hydrogens (tertiary/aromatic N) is 2. The lowest BCUT2D eigenvalue weighted by Crippen LogP contribution is -2.29. The van der Waals surface area contributed by atoms with Crippen LogP contribution in [0.25, 0.3) is 17.2 Å². The molecule has 2 heterocycles. The summed E-state index contributed by atoms with van der Waals surface area (Å²) in [5.41, 5.74) is 2.99. The highest BCUT2D eigenvalue weighted by Gasteiger charge is 2.31. The fraction of sp³-hybridized carbons (Fsp3) is 0.158. The Bertz CT molecular complexity index is 864. The molecule has 1 aliphatic rings. The van der Waals surface area contributed by atoms with Gasteiger partial charge >= 0.3 is 5.97 Å². The first-order valence-corrected chi connectivity index (χ1v) is 9.25. The number of benzene rings is 1. The van der Waals surface area contributed by atoms with Gasteiger partial charge in [-0.05, 0) is 35.3 Å². The van der Waals surface area contributed by atoms with Crippen LogP contribution >= 0.6 is 24.0 Å². The highest BCUT2D eigenvalue weighted by atomic mass is 32.2. The molecule has 0 spiro atoms. The fourth-order valence-electron chi connectivity index (χ4n) is 2.54. The van der Waals surface area contributed by atoms with Gasteiger partial charge in [-0.1, -0.05) is 54.3 Å². The molecule has 1 fully saturated rings. The Morgan fingerprint density at radius 3 is 2.65 bits per heavy atom. The van der Waals surface area contributed by atoms with Crippen LogP contribution in [0.2, 0.25) is 0 Å². The monoisotopic (exact) mass is 384 g/mol. The average Bonchev–Trinajstić information content (AvgIpc) is 2.90. The summed E-state index contributed by atoms with van der Waals surface area (Å²) in [6, 6.07) is 11.7. The molecule has 0 bridgehead atoms. The highest BCUT2D eigenvalue weighted by Crippen LogP contribution is 2.33. The highest BCUT2D eigenvalue weighted by molar-refractivity contribution is 8.26. The summed E-state index contributed by atoms with van der Waals surface area (Å²) in [6.45, 7) is 0.328. The maximum absolute atomic E-state index is 12.5. The molecule has 0 saturated carbocycles.